The molecule has 1 aromatic heterocycles. The van der Waals surface area contributed by atoms with Crippen molar-refractivity contribution in [2.75, 3.05) is 5.32 Å². The first kappa shape index (κ1) is 14.4. The van der Waals surface area contributed by atoms with E-state index >= 15 is 0 Å². The summed E-state index contributed by atoms with van der Waals surface area (Å²) >= 11 is 0. The molecular weight excluding hydrogens is 316 g/mol. The monoisotopic (exact) mass is 329 g/mol. The first-order valence-corrected chi connectivity index (χ1v) is 7.24. The first-order chi connectivity index (χ1) is 11.6. The molecule has 122 valence electrons. The largest absolute Gasteiger partial charge is 0.435 e. The number of alkyl halides is 2. The molecule has 0 radical (unpaired) electrons. The number of fused-ring (bicyclic) bond motifs is 3. The van der Waals surface area contributed by atoms with Crippen LogP contribution in [-0.4, -0.2) is 22.1 Å². The van der Waals surface area contributed by atoms with Gasteiger partial charge in [0.05, 0.1) is 11.0 Å². The molecular formula is C16H13F2N5O. The van der Waals surface area contributed by atoms with Gasteiger partial charge in [0.25, 0.3) is 0 Å². The number of nitrogens with one attached hydrogen (secondary N) is 1. The molecule has 1 atom stereocenters. The van der Waals surface area contributed by atoms with E-state index in [0.717, 1.165) is 16.6 Å². The van der Waals surface area contributed by atoms with Crippen molar-refractivity contribution in [1.82, 2.24) is 9.55 Å². The van der Waals surface area contributed by atoms with Gasteiger partial charge in [-0.15, -0.1) is 0 Å². The molecule has 6 nitrogen and oxygen atoms in total. The molecule has 4 rings (SSSR count). The Morgan fingerprint density at radius 3 is 2.62 bits per heavy atom. The van der Waals surface area contributed by atoms with Crippen molar-refractivity contribution in [3.05, 3.63) is 54.1 Å². The van der Waals surface area contributed by atoms with Crippen LogP contribution in [0.3, 0.4) is 0 Å². The number of hydrogen-bond donors (Lipinski definition) is 2. The summed E-state index contributed by atoms with van der Waals surface area (Å²) in [6.45, 7) is -2.85. The summed E-state index contributed by atoms with van der Waals surface area (Å²) in [6, 6.07) is 14.0. The second-order valence-corrected chi connectivity index (χ2v) is 5.25. The zero-order chi connectivity index (χ0) is 16.7. The lowest BCUT2D eigenvalue weighted by atomic mass is 10.1. The molecule has 0 unspecified atom stereocenters. The van der Waals surface area contributed by atoms with Gasteiger partial charge in [0.15, 0.2) is 12.1 Å². The summed E-state index contributed by atoms with van der Waals surface area (Å²) in [5.41, 5.74) is 8.35. The van der Waals surface area contributed by atoms with Crippen molar-refractivity contribution in [1.29, 1.82) is 0 Å². The zero-order valence-electron chi connectivity index (χ0n) is 12.4. The third-order valence-electron chi connectivity index (χ3n) is 3.75. The first-order valence-electron chi connectivity index (χ1n) is 7.24. The van der Waals surface area contributed by atoms with E-state index < -0.39 is 12.8 Å². The lowest BCUT2D eigenvalue weighted by molar-refractivity contribution is -0.0498. The number of benzene rings is 2. The SMILES string of the molecule is NC1=N[C@H](c2ccc(OC(F)F)cc2)n2c(nc3ccccc32)N1. The van der Waals surface area contributed by atoms with E-state index in [1.54, 1.807) is 12.1 Å². The highest BCUT2D eigenvalue weighted by Gasteiger charge is 2.25. The van der Waals surface area contributed by atoms with Crippen LogP contribution in [0.25, 0.3) is 11.0 Å². The van der Waals surface area contributed by atoms with Crippen LogP contribution < -0.4 is 15.8 Å². The molecule has 0 fully saturated rings. The number of nitrogens with two attached hydrogens (primary N) is 1. The lowest BCUT2D eigenvalue weighted by Crippen LogP contribution is -2.31. The average molecular weight is 329 g/mol. The molecule has 0 bridgehead atoms. The van der Waals surface area contributed by atoms with Crippen molar-refractivity contribution >= 4 is 22.9 Å². The highest BCUT2D eigenvalue weighted by atomic mass is 19.3. The van der Waals surface area contributed by atoms with Gasteiger partial charge in [-0.1, -0.05) is 24.3 Å². The Kier molecular flexibility index (Phi) is 3.30. The Balaban J connectivity index is 1.79. The van der Waals surface area contributed by atoms with E-state index in [2.05, 4.69) is 20.0 Å². The maximum absolute atomic E-state index is 12.3. The number of hydrogen-bond acceptors (Lipinski definition) is 5. The fourth-order valence-electron chi connectivity index (χ4n) is 2.76. The molecule has 2 heterocycles. The van der Waals surface area contributed by atoms with Crippen molar-refractivity contribution in [2.45, 2.75) is 12.8 Å². The number of guanidine groups is 1. The quantitative estimate of drug-likeness (QED) is 0.774. The number of halogens is 2. The summed E-state index contributed by atoms with van der Waals surface area (Å²) in [4.78, 5) is 8.93. The molecule has 0 saturated carbocycles. The van der Waals surface area contributed by atoms with Gasteiger partial charge in [0.1, 0.15) is 5.75 Å². The number of nitrogens with zero attached hydrogens (tertiary/aromatic N) is 3. The number of aromatic nitrogens is 2. The molecule has 3 aromatic rings. The third-order valence-corrected chi connectivity index (χ3v) is 3.75. The summed E-state index contributed by atoms with van der Waals surface area (Å²) in [5, 5.41) is 2.94. The van der Waals surface area contributed by atoms with Gasteiger partial charge < -0.3 is 10.5 Å². The maximum Gasteiger partial charge on any atom is 0.387 e. The normalized spacial score (nSPS) is 16.6. The van der Waals surface area contributed by atoms with Gasteiger partial charge in [-0.05, 0) is 29.8 Å². The fourth-order valence-corrected chi connectivity index (χ4v) is 2.76. The minimum atomic E-state index is -2.85. The molecule has 8 heteroatoms. The van der Waals surface area contributed by atoms with Crippen LogP contribution in [0.1, 0.15) is 11.7 Å². The van der Waals surface area contributed by atoms with Gasteiger partial charge in [-0.2, -0.15) is 8.78 Å². The van der Waals surface area contributed by atoms with Crippen LogP contribution in [0.4, 0.5) is 14.7 Å². The molecule has 0 saturated heterocycles. The van der Waals surface area contributed by atoms with Gasteiger partial charge in [-0.3, -0.25) is 9.88 Å². The van der Waals surface area contributed by atoms with E-state index in [0.29, 0.717) is 5.95 Å². The summed E-state index contributed by atoms with van der Waals surface area (Å²) in [6.07, 6.45) is -0.436. The third kappa shape index (κ3) is 2.41. The van der Waals surface area contributed by atoms with Gasteiger partial charge in [0, 0.05) is 0 Å². The van der Waals surface area contributed by atoms with Crippen LogP contribution in [0.2, 0.25) is 0 Å². The molecule has 2 aromatic carbocycles. The predicted molar refractivity (Wildman–Crippen MR) is 86.2 cm³/mol. The Bertz CT molecular complexity index is 920. The number of aliphatic imine (C=N–C) groups is 1. The van der Waals surface area contributed by atoms with Crippen molar-refractivity contribution in [3.63, 3.8) is 0 Å². The summed E-state index contributed by atoms with van der Waals surface area (Å²) in [5.74, 6) is 0.924. The zero-order valence-corrected chi connectivity index (χ0v) is 12.4. The minimum absolute atomic E-state index is 0.0929. The number of rotatable bonds is 3. The lowest BCUT2D eigenvalue weighted by Gasteiger charge is -2.23. The van der Waals surface area contributed by atoms with E-state index in [1.165, 1.54) is 12.1 Å². The molecule has 0 amide bonds. The van der Waals surface area contributed by atoms with Crippen LogP contribution in [0.5, 0.6) is 5.75 Å². The molecule has 24 heavy (non-hydrogen) atoms. The van der Waals surface area contributed by atoms with Gasteiger partial charge in [-0.25, -0.2) is 9.98 Å². The van der Waals surface area contributed by atoms with E-state index in [9.17, 15) is 8.78 Å². The Hall–Kier alpha value is -3.16. The van der Waals surface area contributed by atoms with Gasteiger partial charge in [0.2, 0.25) is 5.95 Å². The summed E-state index contributed by atoms with van der Waals surface area (Å²) in [7, 11) is 0. The number of anilines is 1. The second-order valence-electron chi connectivity index (χ2n) is 5.25. The van der Waals surface area contributed by atoms with Crippen molar-refractivity contribution in [2.24, 2.45) is 10.7 Å². The standard InChI is InChI=1S/C16H13F2N5O/c17-14(18)24-10-7-5-9(6-8-10)13-21-15(19)22-16-20-11-3-1-2-4-12(11)23(13)16/h1-8,13-14H,(H3,19,20,21,22)/t13-/m0/s1. The highest BCUT2D eigenvalue weighted by Crippen LogP contribution is 2.32. The Morgan fingerprint density at radius 2 is 1.88 bits per heavy atom. The number of para-hydroxylation sites is 2. The Labute approximate surface area is 135 Å². The second kappa shape index (κ2) is 5.48. The minimum Gasteiger partial charge on any atom is -0.435 e. The van der Waals surface area contributed by atoms with Gasteiger partial charge >= 0.3 is 6.61 Å². The van der Waals surface area contributed by atoms with Crippen LogP contribution >= 0.6 is 0 Å². The predicted octanol–water partition coefficient (Wildman–Crippen LogP) is 2.92. The molecule has 1 aliphatic heterocycles. The van der Waals surface area contributed by atoms with Crippen molar-refractivity contribution in [3.8, 4) is 5.75 Å². The van der Waals surface area contributed by atoms with E-state index in [-0.39, 0.29) is 11.7 Å². The highest BCUT2D eigenvalue weighted by molar-refractivity contribution is 5.94. The van der Waals surface area contributed by atoms with Crippen molar-refractivity contribution < 1.29 is 13.5 Å². The van der Waals surface area contributed by atoms with Crippen LogP contribution in [-0.2, 0) is 0 Å². The molecule has 3 N–H and O–H groups in total. The summed E-state index contributed by atoms with van der Waals surface area (Å²) < 4.78 is 30.8. The molecule has 0 aliphatic carbocycles. The molecule has 0 spiro atoms. The van der Waals surface area contributed by atoms with Crippen LogP contribution in [0, 0.1) is 0 Å². The average Bonchev–Trinajstić information content (AvgIpc) is 2.92. The maximum atomic E-state index is 12.3. The fraction of sp³-hybridized carbons (Fsp3) is 0.125. The van der Waals surface area contributed by atoms with E-state index in [4.69, 9.17) is 5.73 Å². The smallest absolute Gasteiger partial charge is 0.387 e. The van der Waals surface area contributed by atoms with Crippen LogP contribution in [0.15, 0.2) is 53.5 Å². The topological polar surface area (TPSA) is 77.5 Å². The number of imidazole rings is 1. The molecule has 1 aliphatic rings. The Morgan fingerprint density at radius 1 is 1.12 bits per heavy atom. The number of ether oxygens (including phenoxy) is 1. The van der Waals surface area contributed by atoms with E-state index in [1.807, 2.05) is 28.8 Å².